The van der Waals surface area contributed by atoms with Crippen molar-refractivity contribution in [2.75, 3.05) is 0 Å². The quantitative estimate of drug-likeness (QED) is 0.477. The van der Waals surface area contributed by atoms with Gasteiger partial charge in [-0.1, -0.05) is 0 Å². The van der Waals surface area contributed by atoms with Crippen molar-refractivity contribution < 1.29 is 52.7 Å². The van der Waals surface area contributed by atoms with Gasteiger partial charge in [-0.2, -0.15) is 0 Å². The molecule has 0 fully saturated rings. The van der Waals surface area contributed by atoms with Crippen molar-refractivity contribution in [3.63, 3.8) is 0 Å². The fourth-order valence-electron chi connectivity index (χ4n) is 0.214. The summed E-state index contributed by atoms with van der Waals surface area (Å²) >= 11 is 0. The fraction of sp³-hybridized carbons (Fsp3) is 0.500. The smallest absolute Gasteiger partial charge is 0.303 e. The molecule has 0 heterocycles. The molecular weight excluding hydrogens is 208 g/mol. The molecule has 0 saturated carbocycles. The van der Waals surface area contributed by atoms with Crippen LogP contribution in [0.3, 0.4) is 0 Å². The van der Waals surface area contributed by atoms with Crippen LogP contribution in [0.2, 0.25) is 0 Å². The van der Waals surface area contributed by atoms with Crippen LogP contribution in [0, 0.1) is 0 Å². The molecule has 0 aromatic rings. The summed E-state index contributed by atoms with van der Waals surface area (Å²) in [6.07, 6.45) is -0.593. The van der Waals surface area contributed by atoms with E-state index in [1.807, 2.05) is 0 Å². The number of hydrogen-bond donors (Lipinski definition) is 2. The molecule has 0 spiro atoms. The molecule has 0 rings (SSSR count). The Morgan fingerprint density at radius 2 is 0.786 bits per heavy atom. The van der Waals surface area contributed by atoms with Crippen LogP contribution in [0.4, 0.5) is 0 Å². The van der Waals surface area contributed by atoms with Crippen LogP contribution < -0.4 is 0 Å². The Hall–Kier alpha value is -1.30. The van der Waals surface area contributed by atoms with Gasteiger partial charge in [-0.15, -0.1) is 0 Å². The van der Waals surface area contributed by atoms with Gasteiger partial charge in [0.25, 0.3) is 0 Å². The number of carbonyl (C=O) groups is 2. The van der Waals surface area contributed by atoms with E-state index in [0.29, 0.717) is 0 Å². The maximum Gasteiger partial charge on any atom is 0.303 e. The van der Waals surface area contributed by atoms with Crippen molar-refractivity contribution >= 4 is 11.9 Å². The van der Waals surface area contributed by atoms with Gasteiger partial charge < -0.3 is 43.1 Å². The Labute approximate surface area is 78.6 Å². The third-order valence-electron chi connectivity index (χ3n) is 0.553. The van der Waals surface area contributed by atoms with Crippen molar-refractivity contribution in [2.45, 2.75) is 12.8 Å². The maximum atomic E-state index is 9.64. The first-order valence-corrected chi connectivity index (χ1v) is 2.06. The van der Waals surface area contributed by atoms with E-state index in [1.165, 1.54) is 0 Å². The second kappa shape index (κ2) is 29.8. The lowest BCUT2D eigenvalue weighted by molar-refractivity contribution is -0.143. The topological polar surface area (TPSA) is 264 Å². The van der Waals surface area contributed by atoms with Gasteiger partial charge in [-0.25, -0.2) is 0 Å². The molecular formula is C4H18O10. The predicted octanol–water partition coefficient (Wildman–Crippen LogP) is -5.01. The maximum absolute atomic E-state index is 9.64. The lowest BCUT2D eigenvalue weighted by atomic mass is 10.3. The summed E-state index contributed by atoms with van der Waals surface area (Å²) in [5, 5.41) is 15.8. The number of hydrogen-bond acceptors (Lipinski definition) is 2. The summed E-state index contributed by atoms with van der Waals surface area (Å²) in [6.45, 7) is 0. The van der Waals surface area contributed by atoms with E-state index < -0.39 is 11.9 Å². The van der Waals surface area contributed by atoms with E-state index in [-0.39, 0.29) is 45.7 Å². The largest absolute Gasteiger partial charge is 0.481 e. The average molecular weight is 226 g/mol. The minimum atomic E-state index is -1.08. The van der Waals surface area contributed by atoms with Crippen molar-refractivity contribution in [1.82, 2.24) is 0 Å². The summed E-state index contributed by atoms with van der Waals surface area (Å²) < 4.78 is 0. The Bertz CT molecular complexity index is 96.7. The molecule has 0 aliphatic carbocycles. The van der Waals surface area contributed by atoms with E-state index in [0.717, 1.165) is 0 Å². The van der Waals surface area contributed by atoms with Gasteiger partial charge in [-0.3, -0.25) is 9.59 Å². The molecule has 10 heteroatoms. The van der Waals surface area contributed by atoms with Crippen LogP contribution >= 0.6 is 0 Å². The van der Waals surface area contributed by atoms with Crippen molar-refractivity contribution in [3.8, 4) is 0 Å². The van der Waals surface area contributed by atoms with Gasteiger partial charge in [0.2, 0.25) is 0 Å². The summed E-state index contributed by atoms with van der Waals surface area (Å²) in [6, 6.07) is 0. The molecule has 0 aromatic carbocycles. The molecule has 0 bridgehead atoms. The molecule has 0 atom stereocenters. The molecule has 0 radical (unpaired) electrons. The van der Waals surface area contributed by atoms with Gasteiger partial charge in [0.05, 0.1) is 12.8 Å². The van der Waals surface area contributed by atoms with Crippen LogP contribution in [0.5, 0.6) is 0 Å². The third-order valence-corrected chi connectivity index (χ3v) is 0.553. The zero-order valence-corrected chi connectivity index (χ0v) is 7.13. The Morgan fingerprint density at radius 1 is 0.643 bits per heavy atom. The first-order valence-electron chi connectivity index (χ1n) is 2.06. The summed E-state index contributed by atoms with van der Waals surface area (Å²) in [7, 11) is 0. The SMILES string of the molecule is O.O.O.O.O.O.O=C(O)CCC(=O)O. The van der Waals surface area contributed by atoms with Crippen LogP contribution in [0.25, 0.3) is 0 Å². The first kappa shape index (κ1) is 53.5. The molecule has 0 saturated heterocycles. The standard InChI is InChI=1S/C4H6O4.6H2O/c5-3(6)1-2-4(7)8;;;;;;/h1-2H2,(H,5,6)(H,7,8);6*1H2. The Kier molecular flexibility index (Phi) is 114. The fourth-order valence-corrected chi connectivity index (χ4v) is 0.214. The number of carboxylic acid groups (broad SMARTS) is 2. The van der Waals surface area contributed by atoms with Crippen LogP contribution in [0.1, 0.15) is 12.8 Å². The number of carboxylic acids is 2. The molecule has 0 aliphatic rings. The number of rotatable bonds is 3. The monoisotopic (exact) mass is 226 g/mol. The molecule has 94 valence electrons. The molecule has 14 N–H and O–H groups in total. The summed E-state index contributed by atoms with van der Waals surface area (Å²) in [5.41, 5.74) is 0. The Balaban J connectivity index is -0.0000000163. The van der Waals surface area contributed by atoms with Gasteiger partial charge in [0.15, 0.2) is 0 Å². The van der Waals surface area contributed by atoms with Crippen LogP contribution in [-0.2, 0) is 9.59 Å². The number of aliphatic carboxylic acids is 2. The summed E-state index contributed by atoms with van der Waals surface area (Å²) in [4.78, 5) is 19.3. The molecule has 14 heavy (non-hydrogen) atoms. The van der Waals surface area contributed by atoms with Gasteiger partial charge >= 0.3 is 11.9 Å². The van der Waals surface area contributed by atoms with Gasteiger partial charge in [-0.05, 0) is 0 Å². The molecule has 0 aromatic heterocycles. The minimum absolute atomic E-state index is 0. The second-order valence-corrected chi connectivity index (χ2v) is 1.29. The highest BCUT2D eigenvalue weighted by molar-refractivity contribution is 5.75. The predicted molar refractivity (Wildman–Crippen MR) is 46.2 cm³/mol. The molecule has 10 nitrogen and oxygen atoms in total. The lowest BCUT2D eigenvalue weighted by Crippen LogP contribution is -2.00. The van der Waals surface area contributed by atoms with E-state index in [9.17, 15) is 9.59 Å². The van der Waals surface area contributed by atoms with Crippen molar-refractivity contribution in [3.05, 3.63) is 0 Å². The average Bonchev–Trinajstić information content (AvgIpc) is 1.61. The molecule has 0 aliphatic heterocycles. The zero-order chi connectivity index (χ0) is 6.57. The highest BCUT2D eigenvalue weighted by atomic mass is 16.4. The zero-order valence-electron chi connectivity index (χ0n) is 7.13. The first-order chi connectivity index (χ1) is 3.63. The molecule has 0 amide bonds. The Morgan fingerprint density at radius 3 is 0.857 bits per heavy atom. The molecule has 0 unspecified atom stereocenters. The third kappa shape index (κ3) is 73.5. The van der Waals surface area contributed by atoms with Crippen molar-refractivity contribution in [2.24, 2.45) is 0 Å². The highest BCUT2D eigenvalue weighted by Crippen LogP contribution is 1.85. The van der Waals surface area contributed by atoms with Gasteiger partial charge in [0.1, 0.15) is 0 Å². The van der Waals surface area contributed by atoms with Crippen LogP contribution in [-0.4, -0.2) is 55.0 Å². The van der Waals surface area contributed by atoms with E-state index in [2.05, 4.69) is 0 Å². The van der Waals surface area contributed by atoms with Crippen molar-refractivity contribution in [1.29, 1.82) is 0 Å². The highest BCUT2D eigenvalue weighted by Gasteiger charge is 2.00. The summed E-state index contributed by atoms with van der Waals surface area (Å²) in [5.74, 6) is -2.15. The minimum Gasteiger partial charge on any atom is -0.481 e. The lowest BCUT2D eigenvalue weighted by Gasteiger charge is -1.85. The van der Waals surface area contributed by atoms with Gasteiger partial charge in [0, 0.05) is 0 Å². The van der Waals surface area contributed by atoms with E-state index >= 15 is 0 Å². The van der Waals surface area contributed by atoms with E-state index in [4.69, 9.17) is 10.2 Å². The van der Waals surface area contributed by atoms with E-state index in [1.54, 1.807) is 0 Å². The normalized spacial score (nSPS) is 4.86. The van der Waals surface area contributed by atoms with Crippen LogP contribution in [0.15, 0.2) is 0 Å². The second-order valence-electron chi connectivity index (χ2n) is 1.29.